The van der Waals surface area contributed by atoms with Crippen molar-refractivity contribution in [3.63, 3.8) is 0 Å². The van der Waals surface area contributed by atoms with Crippen molar-refractivity contribution in [1.29, 1.82) is 0 Å². The molecule has 0 bridgehead atoms. The van der Waals surface area contributed by atoms with Crippen LogP contribution in [0.3, 0.4) is 0 Å². The number of aliphatic hydroxyl groups excluding tert-OH is 2. The third-order valence-corrected chi connectivity index (χ3v) is 8.41. The Morgan fingerprint density at radius 2 is 2.03 bits per heavy atom. The second-order valence-electron chi connectivity index (χ2n) is 9.48. The highest BCUT2D eigenvalue weighted by Crippen LogP contribution is 2.50. The third kappa shape index (κ3) is 4.56. The van der Waals surface area contributed by atoms with Gasteiger partial charge in [0.15, 0.2) is 0 Å². The van der Waals surface area contributed by atoms with Crippen LogP contribution in [0.5, 0.6) is 0 Å². The summed E-state index contributed by atoms with van der Waals surface area (Å²) in [6.07, 6.45) is 4.64. The quantitative estimate of drug-likeness (QED) is 0.402. The van der Waals surface area contributed by atoms with Gasteiger partial charge in [0.1, 0.15) is 18.1 Å². The number of likely N-dealkylation sites (tertiary alicyclic amines) is 1. The predicted octanol–water partition coefficient (Wildman–Crippen LogP) is 3.92. The van der Waals surface area contributed by atoms with Crippen molar-refractivity contribution in [2.75, 3.05) is 13.2 Å². The molecule has 2 saturated heterocycles. The first kappa shape index (κ1) is 24.2. The minimum Gasteiger partial charge on any atom is -0.459 e. The molecule has 0 spiro atoms. The fraction of sp³-hybridized carbons (Fsp3) is 0.481. The molecule has 0 unspecified atom stereocenters. The van der Waals surface area contributed by atoms with E-state index in [1.165, 1.54) is 10.5 Å². The van der Waals surface area contributed by atoms with Crippen molar-refractivity contribution in [2.24, 2.45) is 17.8 Å². The monoisotopic (exact) mass is 497 g/mol. The maximum atomic E-state index is 13.4. The molecule has 2 amide bonds. The molecule has 4 heterocycles. The van der Waals surface area contributed by atoms with Gasteiger partial charge in [-0.15, -0.1) is 11.3 Å². The van der Waals surface area contributed by atoms with Gasteiger partial charge in [0.25, 0.3) is 0 Å². The van der Waals surface area contributed by atoms with Crippen LogP contribution in [-0.2, 0) is 27.5 Å². The van der Waals surface area contributed by atoms with Gasteiger partial charge in [-0.25, -0.2) is 0 Å². The smallest absolute Gasteiger partial charge is 0.234 e. The van der Waals surface area contributed by atoms with Crippen molar-refractivity contribution in [3.05, 3.63) is 62.8 Å². The zero-order chi connectivity index (χ0) is 24.5. The summed E-state index contributed by atoms with van der Waals surface area (Å²) in [4.78, 5) is 29.0. The Balaban J connectivity index is 1.32. The van der Waals surface area contributed by atoms with E-state index in [9.17, 15) is 19.8 Å². The second kappa shape index (κ2) is 10.2. The van der Waals surface area contributed by atoms with E-state index in [0.29, 0.717) is 31.1 Å². The molecule has 0 radical (unpaired) electrons. The van der Waals surface area contributed by atoms with Gasteiger partial charge in [-0.2, -0.15) is 0 Å². The third-order valence-electron chi connectivity index (χ3n) is 7.55. The number of amides is 2. The van der Waals surface area contributed by atoms with Crippen molar-refractivity contribution in [1.82, 2.24) is 4.90 Å². The van der Waals surface area contributed by atoms with Crippen LogP contribution < -0.4 is 0 Å². The zero-order valence-corrected chi connectivity index (χ0v) is 20.6. The molecular weight excluding hydrogens is 466 g/mol. The highest BCUT2D eigenvalue weighted by atomic mass is 32.1. The lowest BCUT2D eigenvalue weighted by atomic mass is 9.69. The largest absolute Gasteiger partial charge is 0.459 e. The average Bonchev–Trinajstić information content (AvgIpc) is 3.66. The van der Waals surface area contributed by atoms with Crippen LogP contribution in [-0.4, -0.2) is 46.2 Å². The molecule has 8 heteroatoms. The molecule has 2 aromatic heterocycles. The van der Waals surface area contributed by atoms with E-state index in [4.69, 9.17) is 9.15 Å². The van der Waals surface area contributed by atoms with Crippen LogP contribution >= 0.6 is 11.3 Å². The minimum absolute atomic E-state index is 0.108. The van der Waals surface area contributed by atoms with E-state index < -0.39 is 11.8 Å². The molecule has 5 rings (SSSR count). The number of ether oxygens (including phenoxy) is 1. The van der Waals surface area contributed by atoms with E-state index >= 15 is 0 Å². The summed E-state index contributed by atoms with van der Waals surface area (Å²) in [5.74, 6) is 0.0461. The van der Waals surface area contributed by atoms with Gasteiger partial charge in [-0.05, 0) is 66.5 Å². The number of hydrogen-bond acceptors (Lipinski definition) is 7. The molecule has 0 aromatic carbocycles. The first-order valence-electron chi connectivity index (χ1n) is 12.2. The number of allylic oxidation sites excluding steroid dienone is 1. The minimum atomic E-state index is -0.411. The van der Waals surface area contributed by atoms with Crippen molar-refractivity contribution in [3.8, 4) is 0 Å². The summed E-state index contributed by atoms with van der Waals surface area (Å²) in [6, 6.07) is 7.48. The maximum Gasteiger partial charge on any atom is 0.234 e. The lowest BCUT2D eigenvalue weighted by molar-refractivity contribution is -0.140. The molecule has 186 valence electrons. The number of carbonyl (C=O) groups excluding carboxylic acids is 2. The summed E-state index contributed by atoms with van der Waals surface area (Å²) in [6.45, 7) is 2.57. The molecular formula is C27H31NO6S. The fourth-order valence-electron chi connectivity index (χ4n) is 5.82. The Labute approximate surface area is 208 Å². The number of carbonyl (C=O) groups is 2. The van der Waals surface area contributed by atoms with Crippen molar-refractivity contribution < 1.29 is 29.0 Å². The molecule has 0 saturated carbocycles. The first-order valence-corrected chi connectivity index (χ1v) is 13.1. The summed E-state index contributed by atoms with van der Waals surface area (Å²) in [5, 5.41) is 21.4. The number of imide groups is 1. The van der Waals surface area contributed by atoms with E-state index in [-0.39, 0.29) is 37.0 Å². The standard InChI is InChI=1S/C27H31NO6S/c1-2-16(10-18-6-7-19(14-30)34-18)5-8-23-24-17(13-29)11-21-25(22(24)15-33-23)27(32)28(26(21)31)12-20-4-3-9-35-20/h3-4,6-7,9-10,21-23,25,29-30H,2,5,8,11-15H2,1H3/b16-10+/t21-,22+,23-,25-/m1/s1. The van der Waals surface area contributed by atoms with Gasteiger partial charge in [-0.3, -0.25) is 14.5 Å². The lowest BCUT2D eigenvalue weighted by Gasteiger charge is -2.31. The number of rotatable bonds is 9. The van der Waals surface area contributed by atoms with Crippen LogP contribution in [0.2, 0.25) is 0 Å². The Bertz CT molecular complexity index is 1150. The average molecular weight is 498 g/mol. The SMILES string of the molecule is CC/C(=C\c1ccc(CO)o1)CC[C@H]1OC[C@H]2C1=C(CO)C[C@H]1C(=O)N(Cc3cccs3)C(=O)[C@H]12. The van der Waals surface area contributed by atoms with E-state index in [0.717, 1.165) is 35.3 Å². The molecule has 2 aliphatic heterocycles. The van der Waals surface area contributed by atoms with E-state index in [2.05, 4.69) is 6.92 Å². The second-order valence-corrected chi connectivity index (χ2v) is 10.5. The Morgan fingerprint density at radius 3 is 2.71 bits per heavy atom. The first-order chi connectivity index (χ1) is 17.0. The Morgan fingerprint density at radius 1 is 1.17 bits per heavy atom. The molecule has 4 atom stereocenters. The van der Waals surface area contributed by atoms with Crippen LogP contribution in [0.1, 0.15) is 49.0 Å². The highest BCUT2D eigenvalue weighted by Gasteiger charge is 2.56. The van der Waals surface area contributed by atoms with Crippen molar-refractivity contribution in [2.45, 2.75) is 51.9 Å². The number of aliphatic hydroxyl groups is 2. The van der Waals surface area contributed by atoms with Crippen LogP contribution in [0.25, 0.3) is 6.08 Å². The summed E-state index contributed by atoms with van der Waals surface area (Å²) < 4.78 is 11.8. The predicted molar refractivity (Wildman–Crippen MR) is 131 cm³/mol. The maximum absolute atomic E-state index is 13.4. The summed E-state index contributed by atoms with van der Waals surface area (Å²) >= 11 is 1.54. The van der Waals surface area contributed by atoms with Crippen LogP contribution in [0, 0.1) is 17.8 Å². The normalized spacial score (nSPS) is 26.6. The molecule has 7 nitrogen and oxygen atoms in total. The number of thiophene rings is 1. The van der Waals surface area contributed by atoms with Crippen LogP contribution in [0.15, 0.2) is 50.8 Å². The van der Waals surface area contributed by atoms with E-state index in [1.807, 2.05) is 29.7 Å². The van der Waals surface area contributed by atoms with Gasteiger partial charge < -0.3 is 19.4 Å². The molecule has 2 aromatic rings. The fourth-order valence-corrected chi connectivity index (χ4v) is 6.52. The topological polar surface area (TPSA) is 100 Å². The Hall–Kier alpha value is -2.52. The summed E-state index contributed by atoms with van der Waals surface area (Å²) in [7, 11) is 0. The zero-order valence-electron chi connectivity index (χ0n) is 19.8. The van der Waals surface area contributed by atoms with Gasteiger partial charge in [-0.1, -0.05) is 18.6 Å². The lowest BCUT2D eigenvalue weighted by Crippen LogP contribution is -2.34. The summed E-state index contributed by atoms with van der Waals surface area (Å²) in [5.41, 5.74) is 3.09. The molecule has 1 aliphatic carbocycles. The number of nitrogens with zero attached hydrogens (tertiary/aromatic N) is 1. The van der Waals surface area contributed by atoms with Gasteiger partial charge in [0.2, 0.25) is 11.8 Å². The molecule has 2 fully saturated rings. The van der Waals surface area contributed by atoms with E-state index in [1.54, 1.807) is 17.4 Å². The molecule has 35 heavy (non-hydrogen) atoms. The van der Waals surface area contributed by atoms with Crippen LogP contribution in [0.4, 0.5) is 0 Å². The number of hydrogen-bond donors (Lipinski definition) is 2. The van der Waals surface area contributed by atoms with Crippen molar-refractivity contribution >= 4 is 29.2 Å². The highest BCUT2D eigenvalue weighted by molar-refractivity contribution is 7.09. The van der Waals surface area contributed by atoms with Gasteiger partial charge in [0.05, 0.1) is 37.7 Å². The number of fused-ring (bicyclic) bond motifs is 3. The number of furan rings is 1. The Kier molecular flexibility index (Phi) is 7.07. The molecule has 3 aliphatic rings. The van der Waals surface area contributed by atoms with Gasteiger partial charge in [0, 0.05) is 10.8 Å². The molecule has 2 N–H and O–H groups in total. The van der Waals surface area contributed by atoms with Gasteiger partial charge >= 0.3 is 0 Å².